The first-order valence-corrected chi connectivity index (χ1v) is 13.9. The van der Waals surface area contributed by atoms with E-state index in [1.807, 2.05) is 6.07 Å². The van der Waals surface area contributed by atoms with Crippen molar-refractivity contribution in [2.24, 2.45) is 0 Å². The zero-order valence-corrected chi connectivity index (χ0v) is 22.0. The molecule has 1 saturated heterocycles. The first-order valence-electron chi connectivity index (χ1n) is 12.0. The Morgan fingerprint density at radius 2 is 1.58 bits per heavy atom. The number of ether oxygens (including phenoxy) is 1. The van der Waals surface area contributed by atoms with Gasteiger partial charge in [0.25, 0.3) is 0 Å². The number of hydrogen-bond acceptors (Lipinski definition) is 4. The fourth-order valence-corrected chi connectivity index (χ4v) is 7.48. The van der Waals surface area contributed by atoms with Crippen molar-refractivity contribution in [1.29, 1.82) is 0 Å². The fourth-order valence-electron chi connectivity index (χ4n) is 4.80. The Bertz CT molecular complexity index is 1040. The van der Waals surface area contributed by atoms with Crippen LogP contribution in [-0.4, -0.2) is 23.0 Å². The summed E-state index contributed by atoms with van der Waals surface area (Å²) in [7, 11) is 0. The van der Waals surface area contributed by atoms with E-state index in [4.69, 9.17) is 4.74 Å². The van der Waals surface area contributed by atoms with Crippen LogP contribution in [0.15, 0.2) is 42.5 Å². The number of benzene rings is 2. The first-order chi connectivity index (χ1) is 15.6. The van der Waals surface area contributed by atoms with Crippen LogP contribution in [0, 0.1) is 0 Å². The van der Waals surface area contributed by atoms with Gasteiger partial charge in [-0.05, 0) is 0 Å². The third-order valence-electron chi connectivity index (χ3n) is 6.91. The van der Waals surface area contributed by atoms with Crippen LogP contribution in [0.3, 0.4) is 0 Å². The van der Waals surface area contributed by atoms with Crippen LogP contribution in [0.4, 0.5) is 0 Å². The van der Waals surface area contributed by atoms with Gasteiger partial charge in [-0.1, -0.05) is 0 Å². The molecule has 1 heterocycles. The molecule has 0 bridgehead atoms. The molecule has 0 radical (unpaired) electrons. The molecule has 2 fully saturated rings. The van der Waals surface area contributed by atoms with Crippen LogP contribution in [0.25, 0.3) is 0 Å². The Hall–Kier alpha value is -1.78. The Balaban J connectivity index is 1.89. The second-order valence-electron chi connectivity index (χ2n) is 10.9. The van der Waals surface area contributed by atoms with Gasteiger partial charge in [-0.25, -0.2) is 0 Å². The maximum absolute atomic E-state index is 12.2. The van der Waals surface area contributed by atoms with Crippen LogP contribution < -0.4 is 13.4 Å². The second kappa shape index (κ2) is 9.46. The summed E-state index contributed by atoms with van der Waals surface area (Å²) in [6.07, 6.45) is 5.09. The van der Waals surface area contributed by atoms with E-state index in [1.165, 1.54) is 43.7 Å². The average molecular weight is 490 g/mol. The normalized spacial score (nSPS) is 21.5. The Labute approximate surface area is 203 Å². The molecule has 4 rings (SSSR count). The number of rotatable bonds is 4. The van der Waals surface area contributed by atoms with E-state index < -0.39 is 13.9 Å². The number of carbonyl (C=O) groups excluding carboxylic acids is 1. The van der Waals surface area contributed by atoms with E-state index in [0.29, 0.717) is 17.8 Å². The van der Waals surface area contributed by atoms with Gasteiger partial charge < -0.3 is 0 Å². The third-order valence-corrected chi connectivity index (χ3v) is 9.22. The number of nitrogens with one attached hydrogen (secondary N) is 2. The summed E-state index contributed by atoms with van der Waals surface area (Å²) in [5.74, 6) is 0.415. The molecule has 2 unspecified atom stereocenters. The van der Waals surface area contributed by atoms with Crippen LogP contribution in [0.5, 0.6) is 5.75 Å². The summed E-state index contributed by atoms with van der Waals surface area (Å²) in [6.45, 7) is 12.7. The molecule has 4 nitrogen and oxygen atoms in total. The number of esters is 1. The SMILES string of the molecule is CC(=O)Oc1c([CH]=[Mn]2[NH]C3CCCCC3[NH]2)cc(C(C)(C)C)cc1C(C)(C)c1ccccc1. The molecular weight excluding hydrogens is 451 g/mol. The van der Waals surface area contributed by atoms with E-state index in [1.54, 1.807) is 0 Å². The maximum atomic E-state index is 12.2. The van der Waals surface area contributed by atoms with Gasteiger partial charge in [0.05, 0.1) is 0 Å². The summed E-state index contributed by atoms with van der Waals surface area (Å²) in [4.78, 5) is 14.6. The molecule has 0 amide bonds. The molecule has 1 saturated carbocycles. The molecule has 5 heteroatoms. The predicted octanol–water partition coefficient (Wildman–Crippen LogP) is 5.34. The van der Waals surface area contributed by atoms with Crippen molar-refractivity contribution in [2.45, 2.75) is 90.1 Å². The molecule has 0 aromatic heterocycles. The van der Waals surface area contributed by atoms with E-state index in [-0.39, 0.29) is 16.8 Å². The molecule has 33 heavy (non-hydrogen) atoms. The zero-order valence-electron chi connectivity index (χ0n) is 20.8. The zero-order chi connectivity index (χ0) is 23.8. The minimum absolute atomic E-state index is 0.0267. The van der Waals surface area contributed by atoms with Crippen molar-refractivity contribution in [3.8, 4) is 5.75 Å². The van der Waals surface area contributed by atoms with Gasteiger partial charge in [0.15, 0.2) is 0 Å². The van der Waals surface area contributed by atoms with Gasteiger partial charge in [-0.15, -0.1) is 0 Å². The molecule has 2 aromatic carbocycles. The number of carbonyl (C=O) groups is 1. The van der Waals surface area contributed by atoms with Gasteiger partial charge in [0.1, 0.15) is 0 Å². The standard InChI is InChI=1S/C22H26O2.C6H12N2.Mn/c1-15-13-18(21(3,4)5)14-19(20(15)24-16(2)23)22(6,7)17-11-9-8-10-12-17;7-5-3-1-2-4-6(5)8;/h1,8-14H,2-7H3;5-8H,1-4H2;/q;-2;+2. The van der Waals surface area contributed by atoms with Gasteiger partial charge in [0, 0.05) is 0 Å². The number of fused-ring (bicyclic) bond motifs is 1. The van der Waals surface area contributed by atoms with Crippen LogP contribution in [-0.2, 0) is 29.5 Å². The predicted molar refractivity (Wildman–Crippen MR) is 133 cm³/mol. The van der Waals surface area contributed by atoms with Gasteiger partial charge in [-0.3, -0.25) is 0 Å². The van der Waals surface area contributed by atoms with E-state index in [2.05, 4.69) is 84.6 Å². The van der Waals surface area contributed by atoms with Crippen molar-refractivity contribution in [3.63, 3.8) is 0 Å². The fraction of sp³-hybridized carbons (Fsp3) is 0.500. The van der Waals surface area contributed by atoms with Crippen molar-refractivity contribution in [1.82, 2.24) is 8.67 Å². The Morgan fingerprint density at radius 1 is 0.970 bits per heavy atom. The van der Waals surface area contributed by atoms with Crippen LogP contribution >= 0.6 is 0 Å². The first kappa shape index (κ1) is 24.3. The summed E-state index contributed by atoms with van der Waals surface area (Å²) < 4.78 is 13.7. The summed E-state index contributed by atoms with van der Waals surface area (Å²) in [6, 6.07) is 16.1. The Morgan fingerprint density at radius 3 is 2.12 bits per heavy atom. The van der Waals surface area contributed by atoms with Crippen molar-refractivity contribution < 1.29 is 23.4 Å². The summed E-state index contributed by atoms with van der Waals surface area (Å²) in [5.41, 5.74) is 4.18. The van der Waals surface area contributed by atoms with Crippen molar-refractivity contribution in [3.05, 3.63) is 64.7 Å². The monoisotopic (exact) mass is 489 g/mol. The molecule has 1 aliphatic carbocycles. The molecule has 1 aliphatic heterocycles. The van der Waals surface area contributed by atoms with E-state index in [9.17, 15) is 4.79 Å². The summed E-state index contributed by atoms with van der Waals surface area (Å²) in [5, 5.41) is 0. The molecular formula is C28H38MnN2O2. The second-order valence-corrected chi connectivity index (χ2v) is 12.9. The van der Waals surface area contributed by atoms with Crippen molar-refractivity contribution in [2.75, 3.05) is 0 Å². The molecule has 2 aliphatic rings. The topological polar surface area (TPSA) is 50.4 Å². The molecule has 2 atom stereocenters. The van der Waals surface area contributed by atoms with Crippen LogP contribution in [0.2, 0.25) is 0 Å². The van der Waals surface area contributed by atoms with Crippen molar-refractivity contribution >= 4 is 10.9 Å². The molecule has 179 valence electrons. The van der Waals surface area contributed by atoms with Crippen LogP contribution in [0.1, 0.15) is 89.5 Å². The average Bonchev–Trinajstić information content (AvgIpc) is 3.16. The van der Waals surface area contributed by atoms with Gasteiger partial charge in [-0.2, -0.15) is 0 Å². The molecule has 0 spiro atoms. The third kappa shape index (κ3) is 5.33. The van der Waals surface area contributed by atoms with Gasteiger partial charge >= 0.3 is 204 Å². The number of hydrogen-bond donors (Lipinski definition) is 2. The quantitative estimate of drug-likeness (QED) is 0.346. The molecule has 2 aromatic rings. The minimum atomic E-state index is -1.13. The van der Waals surface area contributed by atoms with E-state index in [0.717, 1.165) is 11.1 Å². The van der Waals surface area contributed by atoms with Gasteiger partial charge in [0.2, 0.25) is 0 Å². The summed E-state index contributed by atoms with van der Waals surface area (Å²) >= 11 is -1.13. The van der Waals surface area contributed by atoms with E-state index >= 15 is 0 Å². The Kier molecular flexibility index (Phi) is 6.98. The molecule has 2 N–H and O–H groups in total.